The second-order valence-corrected chi connectivity index (χ2v) is 4.65. The zero-order valence-corrected chi connectivity index (χ0v) is 12.0. The number of benzene rings is 2. The van der Waals surface area contributed by atoms with E-state index in [4.69, 9.17) is 4.74 Å². The van der Waals surface area contributed by atoms with Gasteiger partial charge in [-0.05, 0) is 46.9 Å². The van der Waals surface area contributed by atoms with Crippen LogP contribution in [-0.2, 0) is 6.42 Å². The van der Waals surface area contributed by atoms with Crippen molar-refractivity contribution in [3.63, 3.8) is 0 Å². The van der Waals surface area contributed by atoms with E-state index >= 15 is 0 Å². The van der Waals surface area contributed by atoms with E-state index < -0.39 is 0 Å². The van der Waals surface area contributed by atoms with Crippen molar-refractivity contribution in [3.05, 3.63) is 65.2 Å². The topological polar surface area (TPSA) is 29.5 Å². The molecule has 0 aliphatic carbocycles. The largest absolute Gasteiger partial charge is 0.497 e. The second-order valence-electron chi connectivity index (χ2n) is 4.65. The summed E-state index contributed by atoms with van der Waals surface area (Å²) >= 11 is 0. The Balaban J connectivity index is 2.26. The number of hydrogen-bond donors (Lipinski definition) is 1. The van der Waals surface area contributed by atoms with Crippen molar-refractivity contribution in [1.29, 1.82) is 0 Å². The van der Waals surface area contributed by atoms with E-state index in [-0.39, 0.29) is 6.61 Å². The zero-order chi connectivity index (χ0) is 14.4. The molecule has 0 amide bonds. The highest BCUT2D eigenvalue weighted by molar-refractivity contribution is 5.82. The van der Waals surface area contributed by atoms with Gasteiger partial charge in [-0.15, -0.1) is 0 Å². The summed E-state index contributed by atoms with van der Waals surface area (Å²) in [4.78, 5) is 0. The molecule has 2 heteroatoms. The van der Waals surface area contributed by atoms with Crippen molar-refractivity contribution >= 4 is 11.6 Å². The Bertz CT molecular complexity index is 565. The van der Waals surface area contributed by atoms with Crippen LogP contribution in [0.5, 0.6) is 5.75 Å². The molecule has 0 saturated carbocycles. The highest BCUT2D eigenvalue weighted by Crippen LogP contribution is 2.21. The molecule has 0 radical (unpaired) electrons. The van der Waals surface area contributed by atoms with Crippen molar-refractivity contribution in [2.45, 2.75) is 13.3 Å². The van der Waals surface area contributed by atoms with Crippen LogP contribution in [0.2, 0.25) is 0 Å². The lowest BCUT2D eigenvalue weighted by atomic mass is 10.0. The minimum atomic E-state index is 0.0157. The molecule has 0 atom stereocenters. The molecule has 0 aromatic heterocycles. The predicted molar refractivity (Wildman–Crippen MR) is 83.8 cm³/mol. The molecule has 0 spiro atoms. The van der Waals surface area contributed by atoms with Crippen LogP contribution in [0, 0.1) is 0 Å². The first-order chi connectivity index (χ1) is 9.76. The Morgan fingerprint density at radius 1 is 1.05 bits per heavy atom. The lowest BCUT2D eigenvalue weighted by Crippen LogP contribution is -1.91. The minimum absolute atomic E-state index is 0.0157. The quantitative estimate of drug-likeness (QED) is 0.836. The molecule has 0 saturated heterocycles. The van der Waals surface area contributed by atoms with Gasteiger partial charge < -0.3 is 9.84 Å². The summed E-state index contributed by atoms with van der Waals surface area (Å²) in [5, 5.41) is 9.57. The van der Waals surface area contributed by atoms with Crippen molar-refractivity contribution in [3.8, 4) is 5.75 Å². The maximum Gasteiger partial charge on any atom is 0.118 e. The maximum absolute atomic E-state index is 9.57. The van der Waals surface area contributed by atoms with Gasteiger partial charge in [0.15, 0.2) is 0 Å². The molecule has 0 unspecified atom stereocenters. The first-order valence-corrected chi connectivity index (χ1v) is 6.81. The Morgan fingerprint density at radius 3 is 2.20 bits per heavy atom. The monoisotopic (exact) mass is 268 g/mol. The fourth-order valence-corrected chi connectivity index (χ4v) is 2.08. The summed E-state index contributed by atoms with van der Waals surface area (Å²) in [5.74, 6) is 0.818. The number of aliphatic hydroxyl groups excluding tert-OH is 1. The number of aliphatic hydroxyl groups is 1. The first-order valence-electron chi connectivity index (χ1n) is 6.81. The summed E-state index contributed by atoms with van der Waals surface area (Å²) in [5.41, 5.74) is 4.32. The molecule has 104 valence electrons. The number of ether oxygens (including phenoxy) is 1. The molecule has 20 heavy (non-hydrogen) atoms. The average Bonchev–Trinajstić information content (AvgIpc) is 2.53. The first kappa shape index (κ1) is 14.4. The third kappa shape index (κ3) is 3.49. The lowest BCUT2D eigenvalue weighted by Gasteiger charge is -2.07. The van der Waals surface area contributed by atoms with Gasteiger partial charge in [-0.3, -0.25) is 0 Å². The summed E-state index contributed by atoms with van der Waals surface area (Å²) in [6.45, 7) is 2.16. The van der Waals surface area contributed by atoms with Gasteiger partial charge in [-0.25, -0.2) is 0 Å². The molecular formula is C18H20O2. The second kappa shape index (κ2) is 6.92. The van der Waals surface area contributed by atoms with E-state index in [0.717, 1.165) is 28.9 Å². The number of hydrogen-bond acceptors (Lipinski definition) is 2. The van der Waals surface area contributed by atoms with Gasteiger partial charge in [-0.2, -0.15) is 0 Å². The Kier molecular flexibility index (Phi) is 4.97. The molecule has 1 N–H and O–H groups in total. The van der Waals surface area contributed by atoms with E-state index in [2.05, 4.69) is 31.2 Å². The highest BCUT2D eigenvalue weighted by atomic mass is 16.5. The SMILES string of the molecule is CCc1ccc(/C=C(\CO)c2ccc(OC)cc2)cc1. The van der Waals surface area contributed by atoms with Gasteiger partial charge in [0.05, 0.1) is 13.7 Å². The van der Waals surface area contributed by atoms with E-state index in [9.17, 15) is 5.11 Å². The van der Waals surface area contributed by atoms with Crippen LogP contribution in [0.25, 0.3) is 11.6 Å². The minimum Gasteiger partial charge on any atom is -0.497 e. The molecule has 0 aliphatic rings. The van der Waals surface area contributed by atoms with Gasteiger partial charge >= 0.3 is 0 Å². The summed E-state index contributed by atoms with van der Waals surface area (Å²) in [7, 11) is 1.65. The van der Waals surface area contributed by atoms with Crippen LogP contribution < -0.4 is 4.74 Å². The molecule has 2 nitrogen and oxygen atoms in total. The fourth-order valence-electron chi connectivity index (χ4n) is 2.08. The van der Waals surface area contributed by atoms with Crippen molar-refractivity contribution in [1.82, 2.24) is 0 Å². The van der Waals surface area contributed by atoms with Gasteiger partial charge in [0, 0.05) is 0 Å². The van der Waals surface area contributed by atoms with E-state index in [1.807, 2.05) is 30.3 Å². The van der Waals surface area contributed by atoms with Gasteiger partial charge in [-0.1, -0.05) is 43.3 Å². The Labute approximate surface area is 120 Å². The molecule has 2 rings (SSSR count). The van der Waals surface area contributed by atoms with Gasteiger partial charge in [0.1, 0.15) is 5.75 Å². The van der Waals surface area contributed by atoms with Gasteiger partial charge in [0.25, 0.3) is 0 Å². The molecule has 2 aromatic carbocycles. The van der Waals surface area contributed by atoms with E-state index in [1.54, 1.807) is 7.11 Å². The van der Waals surface area contributed by atoms with Crippen LogP contribution in [-0.4, -0.2) is 18.8 Å². The third-order valence-electron chi connectivity index (χ3n) is 3.36. The van der Waals surface area contributed by atoms with Crippen LogP contribution in [0.1, 0.15) is 23.6 Å². The van der Waals surface area contributed by atoms with Crippen LogP contribution >= 0.6 is 0 Å². The molecule has 2 aromatic rings. The normalized spacial score (nSPS) is 11.4. The highest BCUT2D eigenvalue weighted by Gasteiger charge is 2.01. The number of rotatable bonds is 5. The average molecular weight is 268 g/mol. The van der Waals surface area contributed by atoms with Crippen molar-refractivity contribution < 1.29 is 9.84 Å². The standard InChI is InChI=1S/C18H20O2/c1-3-14-4-6-15(7-5-14)12-17(13-19)16-8-10-18(20-2)11-9-16/h4-12,19H,3,13H2,1-2H3/b17-12+. The zero-order valence-electron chi connectivity index (χ0n) is 12.0. The van der Waals surface area contributed by atoms with Crippen molar-refractivity contribution in [2.24, 2.45) is 0 Å². The molecule has 0 fully saturated rings. The molecule has 0 bridgehead atoms. The smallest absolute Gasteiger partial charge is 0.118 e. The Hall–Kier alpha value is -2.06. The van der Waals surface area contributed by atoms with Gasteiger partial charge in [0.2, 0.25) is 0 Å². The van der Waals surface area contributed by atoms with Crippen LogP contribution in [0.4, 0.5) is 0 Å². The van der Waals surface area contributed by atoms with Crippen molar-refractivity contribution in [2.75, 3.05) is 13.7 Å². The van der Waals surface area contributed by atoms with E-state index in [0.29, 0.717) is 0 Å². The molecule has 0 aliphatic heterocycles. The molecular weight excluding hydrogens is 248 g/mol. The fraction of sp³-hybridized carbons (Fsp3) is 0.222. The predicted octanol–water partition coefficient (Wildman–Crippen LogP) is 3.79. The summed E-state index contributed by atoms with van der Waals surface area (Å²) in [6, 6.07) is 16.1. The summed E-state index contributed by atoms with van der Waals surface area (Å²) in [6.07, 6.45) is 3.05. The summed E-state index contributed by atoms with van der Waals surface area (Å²) < 4.78 is 5.14. The number of aryl methyl sites for hydroxylation is 1. The Morgan fingerprint density at radius 2 is 1.70 bits per heavy atom. The number of methoxy groups -OCH3 is 1. The van der Waals surface area contributed by atoms with E-state index in [1.165, 1.54) is 5.56 Å². The maximum atomic E-state index is 9.57. The van der Waals surface area contributed by atoms with Crippen LogP contribution in [0.3, 0.4) is 0 Å². The lowest BCUT2D eigenvalue weighted by molar-refractivity contribution is 0.350. The third-order valence-corrected chi connectivity index (χ3v) is 3.36. The van der Waals surface area contributed by atoms with Crippen LogP contribution in [0.15, 0.2) is 48.5 Å². The molecule has 0 heterocycles.